The Hall–Kier alpha value is -2.88. The highest BCUT2D eigenvalue weighted by atomic mass is 16.6. The van der Waals surface area contributed by atoms with E-state index >= 15 is 0 Å². The number of nitrogens with zero attached hydrogens (tertiary/aromatic N) is 3. The summed E-state index contributed by atoms with van der Waals surface area (Å²) in [5.74, 6) is 0.823. The van der Waals surface area contributed by atoms with Gasteiger partial charge in [-0.05, 0) is 55.7 Å². The highest BCUT2D eigenvalue weighted by Crippen LogP contribution is 2.33. The van der Waals surface area contributed by atoms with Gasteiger partial charge in [-0.25, -0.2) is 10.5 Å². The number of nitriles is 1. The summed E-state index contributed by atoms with van der Waals surface area (Å²) >= 11 is 0. The monoisotopic (exact) mass is 364 g/mol. The Kier molecular flexibility index (Phi) is 4.34. The van der Waals surface area contributed by atoms with Crippen LogP contribution in [0.2, 0.25) is 0 Å². The van der Waals surface area contributed by atoms with Crippen LogP contribution in [0.3, 0.4) is 0 Å². The zero-order chi connectivity index (χ0) is 19.0. The molecule has 4 rings (SSSR count). The van der Waals surface area contributed by atoms with Crippen LogP contribution in [-0.4, -0.2) is 23.0 Å². The summed E-state index contributed by atoms with van der Waals surface area (Å²) in [6.45, 7) is 5.07. The van der Waals surface area contributed by atoms with Crippen molar-refractivity contribution >= 4 is 5.65 Å². The van der Waals surface area contributed by atoms with E-state index in [0.29, 0.717) is 6.61 Å². The smallest absolute Gasteiger partial charge is 0.137 e. The lowest BCUT2D eigenvalue weighted by molar-refractivity contribution is 0.0332. The third-order valence-electron chi connectivity index (χ3n) is 5.15. The van der Waals surface area contributed by atoms with Crippen molar-refractivity contribution in [3.8, 4) is 23.1 Å². The molecule has 0 fully saturated rings. The van der Waals surface area contributed by atoms with E-state index in [0.717, 1.165) is 46.7 Å². The van der Waals surface area contributed by atoms with E-state index < -0.39 is 5.41 Å². The SMILES string of the molecule is COc1cc(-c2cnc3cc(C(C)(C)C#N)ccn23)cc2c1CONCC2.[HH]. The van der Waals surface area contributed by atoms with Crippen molar-refractivity contribution in [3.63, 3.8) is 0 Å². The fourth-order valence-corrected chi connectivity index (χ4v) is 3.45. The quantitative estimate of drug-likeness (QED) is 0.768. The second kappa shape index (κ2) is 6.69. The van der Waals surface area contributed by atoms with E-state index in [-0.39, 0.29) is 1.43 Å². The van der Waals surface area contributed by atoms with Crippen LogP contribution in [0.15, 0.2) is 36.7 Å². The van der Waals surface area contributed by atoms with Crippen molar-refractivity contribution in [2.24, 2.45) is 0 Å². The molecule has 0 unspecified atom stereocenters. The van der Waals surface area contributed by atoms with Gasteiger partial charge in [0, 0.05) is 25.3 Å². The molecule has 1 aliphatic rings. The highest BCUT2D eigenvalue weighted by molar-refractivity contribution is 5.68. The summed E-state index contributed by atoms with van der Waals surface area (Å²) in [5.41, 5.74) is 8.52. The fourth-order valence-electron chi connectivity index (χ4n) is 3.45. The van der Waals surface area contributed by atoms with Crippen molar-refractivity contribution in [1.82, 2.24) is 14.9 Å². The average molecular weight is 364 g/mol. The number of rotatable bonds is 3. The van der Waals surface area contributed by atoms with Gasteiger partial charge in [0.2, 0.25) is 0 Å². The van der Waals surface area contributed by atoms with Crippen LogP contribution in [-0.2, 0) is 23.3 Å². The van der Waals surface area contributed by atoms with Gasteiger partial charge in [0.05, 0.1) is 37.1 Å². The Morgan fingerprint density at radius 1 is 1.37 bits per heavy atom. The zero-order valence-electron chi connectivity index (χ0n) is 15.7. The van der Waals surface area contributed by atoms with Crippen molar-refractivity contribution in [2.45, 2.75) is 32.3 Å². The Morgan fingerprint density at radius 3 is 3.00 bits per heavy atom. The number of hydrogen-bond donors (Lipinski definition) is 1. The second-order valence-corrected chi connectivity index (χ2v) is 7.27. The molecule has 1 aliphatic heterocycles. The van der Waals surface area contributed by atoms with Crippen molar-refractivity contribution < 1.29 is 11.0 Å². The maximum Gasteiger partial charge on any atom is 0.137 e. The van der Waals surface area contributed by atoms with Crippen LogP contribution in [0.1, 0.15) is 32.0 Å². The maximum absolute atomic E-state index is 9.39. The van der Waals surface area contributed by atoms with E-state index in [4.69, 9.17) is 9.57 Å². The summed E-state index contributed by atoms with van der Waals surface area (Å²) in [5, 5.41) is 9.39. The summed E-state index contributed by atoms with van der Waals surface area (Å²) in [6, 6.07) is 10.5. The molecule has 140 valence electrons. The maximum atomic E-state index is 9.39. The zero-order valence-corrected chi connectivity index (χ0v) is 15.7. The van der Waals surface area contributed by atoms with E-state index in [1.54, 1.807) is 7.11 Å². The molecule has 27 heavy (non-hydrogen) atoms. The Morgan fingerprint density at radius 2 is 2.22 bits per heavy atom. The number of pyridine rings is 1. The molecule has 1 N–H and O–H groups in total. The fraction of sp³-hybridized carbons (Fsp3) is 0.333. The normalized spacial score (nSPS) is 14.4. The molecule has 0 amide bonds. The van der Waals surface area contributed by atoms with Gasteiger partial charge in [-0.1, -0.05) is 0 Å². The third-order valence-corrected chi connectivity index (χ3v) is 5.15. The van der Waals surface area contributed by atoms with E-state index in [2.05, 4.69) is 22.6 Å². The third kappa shape index (κ3) is 3.05. The minimum Gasteiger partial charge on any atom is -0.496 e. The number of hydroxylamine groups is 1. The minimum absolute atomic E-state index is 0. The predicted octanol–water partition coefficient (Wildman–Crippen LogP) is 3.63. The van der Waals surface area contributed by atoms with Gasteiger partial charge in [-0.15, -0.1) is 0 Å². The molecule has 0 spiro atoms. The lowest BCUT2D eigenvalue weighted by Crippen LogP contribution is -2.14. The first-order chi connectivity index (χ1) is 13.0. The standard InChI is InChI=1S/C21H22N4O2.H2/c1-21(2,13-22)16-5-7-25-18(11-23-20(25)10-16)15-8-14-4-6-24-27-12-17(14)19(9-15)26-3;/h5,7-11,24H,4,6,12H2,1-3H3;1H. The van der Waals surface area contributed by atoms with Crippen LogP contribution in [0, 0.1) is 11.3 Å². The molecule has 6 nitrogen and oxygen atoms in total. The number of imidazole rings is 1. The summed E-state index contributed by atoms with van der Waals surface area (Å²) in [4.78, 5) is 10.0. The van der Waals surface area contributed by atoms with Crippen molar-refractivity contribution in [1.29, 1.82) is 5.26 Å². The number of hydrogen-bond acceptors (Lipinski definition) is 5. The van der Waals surface area contributed by atoms with Gasteiger partial charge in [-0.2, -0.15) is 5.26 Å². The Balaban J connectivity index is 0.00000225. The molecular formula is C21H24N4O2. The summed E-state index contributed by atoms with van der Waals surface area (Å²) in [7, 11) is 1.68. The molecule has 1 aromatic carbocycles. The first kappa shape index (κ1) is 17.5. The molecule has 2 aromatic heterocycles. The van der Waals surface area contributed by atoms with Gasteiger partial charge >= 0.3 is 0 Å². The first-order valence-electron chi connectivity index (χ1n) is 8.97. The molecule has 3 aromatic rings. The lowest BCUT2D eigenvalue weighted by Gasteiger charge is -2.16. The van der Waals surface area contributed by atoms with Gasteiger partial charge in [0.1, 0.15) is 11.4 Å². The number of ether oxygens (including phenoxy) is 1. The minimum atomic E-state index is -0.547. The number of nitrogens with one attached hydrogen (secondary N) is 1. The van der Waals surface area contributed by atoms with E-state index in [1.807, 2.05) is 48.8 Å². The van der Waals surface area contributed by atoms with E-state index in [1.165, 1.54) is 5.56 Å². The van der Waals surface area contributed by atoms with Gasteiger partial charge in [-0.3, -0.25) is 9.24 Å². The molecule has 6 heteroatoms. The molecule has 0 bridgehead atoms. The van der Waals surface area contributed by atoms with Gasteiger partial charge in [0.25, 0.3) is 0 Å². The van der Waals surface area contributed by atoms with Crippen LogP contribution < -0.4 is 10.2 Å². The van der Waals surface area contributed by atoms with Gasteiger partial charge in [0.15, 0.2) is 0 Å². The molecule has 0 saturated carbocycles. The summed E-state index contributed by atoms with van der Waals surface area (Å²) in [6.07, 6.45) is 4.72. The van der Waals surface area contributed by atoms with E-state index in [9.17, 15) is 5.26 Å². The molecule has 0 radical (unpaired) electrons. The van der Waals surface area contributed by atoms with Crippen LogP contribution in [0.4, 0.5) is 0 Å². The van der Waals surface area contributed by atoms with Crippen LogP contribution in [0.5, 0.6) is 5.75 Å². The van der Waals surface area contributed by atoms with Crippen LogP contribution >= 0.6 is 0 Å². The molecule has 0 atom stereocenters. The van der Waals surface area contributed by atoms with Gasteiger partial charge < -0.3 is 4.74 Å². The second-order valence-electron chi connectivity index (χ2n) is 7.27. The highest BCUT2D eigenvalue weighted by Gasteiger charge is 2.21. The van der Waals surface area contributed by atoms with Crippen LogP contribution in [0.25, 0.3) is 16.9 Å². The Labute approximate surface area is 159 Å². The predicted molar refractivity (Wildman–Crippen MR) is 104 cm³/mol. The molecule has 3 heterocycles. The summed E-state index contributed by atoms with van der Waals surface area (Å²) < 4.78 is 7.67. The number of methoxy groups -OCH3 is 1. The van der Waals surface area contributed by atoms with Crippen molar-refractivity contribution in [2.75, 3.05) is 13.7 Å². The molecular weight excluding hydrogens is 340 g/mol. The topological polar surface area (TPSA) is 71.6 Å². The largest absolute Gasteiger partial charge is 0.496 e. The number of fused-ring (bicyclic) bond motifs is 2. The lowest BCUT2D eigenvalue weighted by atomic mass is 9.87. The molecule has 0 saturated heterocycles. The Bertz CT molecular complexity index is 1050. The number of aromatic nitrogens is 2. The molecule has 0 aliphatic carbocycles. The average Bonchev–Trinajstić information content (AvgIpc) is 2.96. The first-order valence-corrected chi connectivity index (χ1v) is 8.97. The number of benzene rings is 1. The van der Waals surface area contributed by atoms with Crippen molar-refractivity contribution in [3.05, 3.63) is 53.3 Å².